The van der Waals surface area contributed by atoms with Gasteiger partial charge in [-0.25, -0.2) is 0 Å². The van der Waals surface area contributed by atoms with E-state index in [0.29, 0.717) is 11.1 Å². The van der Waals surface area contributed by atoms with Crippen LogP contribution < -0.4 is 20.7 Å². The molecular weight excluding hydrogens is 829 g/mol. The molecule has 0 aliphatic heterocycles. The van der Waals surface area contributed by atoms with Crippen LogP contribution in [-0.4, -0.2) is 17.2 Å². The second-order valence-electron chi connectivity index (χ2n) is 17.1. The third-order valence-electron chi connectivity index (χ3n) is 13.5. The fourth-order valence-corrected chi connectivity index (χ4v) is 15.4. The summed E-state index contributed by atoms with van der Waals surface area (Å²) in [6.45, 7) is 0. The van der Waals surface area contributed by atoms with Crippen LogP contribution in [-0.2, 0) is 0 Å². The zero-order chi connectivity index (χ0) is 44.9. The molecule has 0 N–H and O–H groups in total. The molecule has 0 aliphatic carbocycles. The maximum Gasteiger partial charge on any atom is 0.179 e. The molecule has 12 aromatic rings. The van der Waals surface area contributed by atoms with Crippen LogP contribution in [0.25, 0.3) is 77.2 Å². The Morgan fingerprint density at radius 1 is 0.313 bits per heavy atom. The number of hydrogen-bond acceptors (Lipinski definition) is 2. The third-order valence-corrected chi connectivity index (χ3v) is 18.2. The predicted molar refractivity (Wildman–Crippen MR) is 279 cm³/mol. The first kappa shape index (κ1) is 39.6. The van der Waals surface area contributed by atoms with Gasteiger partial charge in [0.05, 0.1) is 45.3 Å². The van der Waals surface area contributed by atoms with E-state index in [9.17, 15) is 10.5 Å². The van der Waals surface area contributed by atoms with Crippen molar-refractivity contribution in [1.29, 1.82) is 10.5 Å². The van der Waals surface area contributed by atoms with Gasteiger partial charge in [0.15, 0.2) is 8.07 Å². The van der Waals surface area contributed by atoms with E-state index in [-0.39, 0.29) is 0 Å². The molecule has 0 spiro atoms. The minimum atomic E-state index is -2.97. The number of nitrogens with zero attached hydrogens (tertiary/aromatic N) is 4. The highest BCUT2D eigenvalue weighted by atomic mass is 28.3. The molecule has 0 saturated heterocycles. The van der Waals surface area contributed by atoms with Crippen molar-refractivity contribution in [2.24, 2.45) is 0 Å². The highest BCUT2D eigenvalue weighted by Crippen LogP contribution is 2.41. The summed E-state index contributed by atoms with van der Waals surface area (Å²) in [7, 11) is -2.97. The Bertz CT molecular complexity index is 3910. The Labute approximate surface area is 389 Å². The van der Waals surface area contributed by atoms with Gasteiger partial charge in [-0.15, -0.1) is 0 Å². The summed E-state index contributed by atoms with van der Waals surface area (Å²) in [5, 5.41) is 29.7. The van der Waals surface area contributed by atoms with E-state index in [1.165, 1.54) is 31.9 Å². The smallest absolute Gasteiger partial charge is 0.179 e. The van der Waals surface area contributed by atoms with E-state index in [0.717, 1.165) is 66.1 Å². The van der Waals surface area contributed by atoms with E-state index in [4.69, 9.17) is 0 Å². The number of fused-ring (bicyclic) bond motifs is 6. The summed E-state index contributed by atoms with van der Waals surface area (Å²) in [5.41, 5.74) is 12.0. The fourth-order valence-electron chi connectivity index (χ4n) is 10.6. The number of benzene rings is 10. The molecule has 0 radical (unpaired) electrons. The standard InChI is InChI=1S/C62H40N4Si/c63-41-43-16-12-20-48(36-43)66-59-31-11-10-28-55(59)56-30-15-29-54(62(56)66)47-33-35-61-58(39-47)57-37-44(42-64)32-34-60(57)65(61)49-21-14-27-53(40-49)67(50-22-6-2-7-23-50,51-24-8-3-9-25-51)52-26-13-19-46(38-52)45-17-4-1-5-18-45/h1-40H. The van der Waals surface area contributed by atoms with Crippen LogP contribution in [0.1, 0.15) is 11.1 Å². The van der Waals surface area contributed by atoms with Gasteiger partial charge in [-0.1, -0.05) is 176 Å². The highest BCUT2D eigenvalue weighted by Gasteiger charge is 2.42. The first-order valence-electron chi connectivity index (χ1n) is 22.5. The van der Waals surface area contributed by atoms with Gasteiger partial charge in [0.2, 0.25) is 0 Å². The van der Waals surface area contributed by atoms with Crippen LogP contribution in [0, 0.1) is 22.7 Å². The van der Waals surface area contributed by atoms with Gasteiger partial charge in [0.25, 0.3) is 0 Å². The fraction of sp³-hybridized carbons (Fsp3) is 0. The molecule has 0 aliphatic rings. The largest absolute Gasteiger partial charge is 0.309 e. The molecule has 0 unspecified atom stereocenters. The summed E-state index contributed by atoms with van der Waals surface area (Å²) in [5.74, 6) is 0. The predicted octanol–water partition coefficient (Wildman–Crippen LogP) is 12.3. The molecule has 67 heavy (non-hydrogen) atoms. The lowest BCUT2D eigenvalue weighted by Crippen LogP contribution is -2.74. The molecular formula is C62H40N4Si. The highest BCUT2D eigenvalue weighted by molar-refractivity contribution is 7.20. The molecule has 12 rings (SSSR count). The van der Waals surface area contributed by atoms with Crippen LogP contribution in [0.5, 0.6) is 0 Å². The van der Waals surface area contributed by atoms with Crippen LogP contribution >= 0.6 is 0 Å². The van der Waals surface area contributed by atoms with Crippen molar-refractivity contribution in [3.8, 4) is 45.8 Å². The molecule has 0 atom stereocenters. The van der Waals surface area contributed by atoms with Crippen molar-refractivity contribution in [2.75, 3.05) is 0 Å². The van der Waals surface area contributed by atoms with E-state index >= 15 is 0 Å². The topological polar surface area (TPSA) is 57.4 Å². The van der Waals surface area contributed by atoms with E-state index < -0.39 is 8.07 Å². The lowest BCUT2D eigenvalue weighted by atomic mass is 9.99. The molecule has 5 heteroatoms. The Morgan fingerprint density at radius 2 is 0.836 bits per heavy atom. The molecule has 2 aromatic heterocycles. The normalized spacial score (nSPS) is 11.6. The minimum Gasteiger partial charge on any atom is -0.309 e. The molecule has 312 valence electrons. The average molecular weight is 869 g/mol. The Hall–Kier alpha value is -9.00. The maximum atomic E-state index is 10.3. The maximum absolute atomic E-state index is 10.3. The van der Waals surface area contributed by atoms with Crippen LogP contribution in [0.15, 0.2) is 243 Å². The van der Waals surface area contributed by atoms with Gasteiger partial charge in [-0.2, -0.15) is 10.5 Å². The number of hydrogen-bond donors (Lipinski definition) is 0. The Balaban J connectivity index is 1.10. The second kappa shape index (κ2) is 16.2. The SMILES string of the molecule is N#Cc1cccc(-n2c3ccccc3c3cccc(-c4ccc5c(c4)c4cc(C#N)ccc4n5-c4cccc([Si](c5ccccc5)(c5ccccc5)c5cccc(-c6ccccc6)c5)c4)c32)c1. The molecule has 2 heterocycles. The number of para-hydroxylation sites is 2. The average Bonchev–Trinajstić information content (AvgIpc) is 3.92. The van der Waals surface area contributed by atoms with Crippen molar-refractivity contribution in [1.82, 2.24) is 9.13 Å². The lowest BCUT2D eigenvalue weighted by molar-refractivity contribution is 1.18. The van der Waals surface area contributed by atoms with E-state index in [1.54, 1.807) is 0 Å². The van der Waals surface area contributed by atoms with Gasteiger partial charge in [0, 0.05) is 38.5 Å². The third kappa shape index (κ3) is 6.41. The van der Waals surface area contributed by atoms with E-state index in [1.807, 2.05) is 30.3 Å². The van der Waals surface area contributed by atoms with Gasteiger partial charge in [0.1, 0.15) is 0 Å². The Morgan fingerprint density at radius 3 is 1.57 bits per heavy atom. The summed E-state index contributed by atoms with van der Waals surface area (Å²) >= 11 is 0. The number of rotatable bonds is 8. The molecule has 10 aromatic carbocycles. The molecule has 0 amide bonds. The van der Waals surface area contributed by atoms with E-state index in [2.05, 4.69) is 234 Å². The Kier molecular flexibility index (Phi) is 9.58. The molecule has 4 nitrogen and oxygen atoms in total. The lowest BCUT2D eigenvalue weighted by Gasteiger charge is -2.35. The zero-order valence-corrected chi connectivity index (χ0v) is 37.4. The van der Waals surface area contributed by atoms with Crippen LogP contribution in [0.2, 0.25) is 0 Å². The van der Waals surface area contributed by atoms with Crippen molar-refractivity contribution in [3.63, 3.8) is 0 Å². The zero-order valence-electron chi connectivity index (χ0n) is 36.4. The number of nitriles is 2. The summed E-state index contributed by atoms with van der Waals surface area (Å²) < 4.78 is 4.67. The summed E-state index contributed by atoms with van der Waals surface area (Å²) in [4.78, 5) is 0. The van der Waals surface area contributed by atoms with Crippen LogP contribution in [0.3, 0.4) is 0 Å². The molecule has 0 fully saturated rings. The first-order valence-corrected chi connectivity index (χ1v) is 24.5. The van der Waals surface area contributed by atoms with Crippen molar-refractivity contribution in [2.45, 2.75) is 0 Å². The van der Waals surface area contributed by atoms with Crippen molar-refractivity contribution in [3.05, 3.63) is 254 Å². The van der Waals surface area contributed by atoms with Gasteiger partial charge in [-0.05, 0) is 104 Å². The molecule has 0 bridgehead atoms. The van der Waals surface area contributed by atoms with Crippen LogP contribution in [0.4, 0.5) is 0 Å². The van der Waals surface area contributed by atoms with Gasteiger partial charge >= 0.3 is 0 Å². The number of aromatic nitrogens is 2. The van der Waals surface area contributed by atoms with Gasteiger partial charge in [-0.3, -0.25) is 0 Å². The second-order valence-corrected chi connectivity index (χ2v) is 20.9. The summed E-state index contributed by atoms with van der Waals surface area (Å²) in [6, 6.07) is 91.6. The van der Waals surface area contributed by atoms with Crippen molar-refractivity contribution >= 4 is 72.4 Å². The monoisotopic (exact) mass is 868 g/mol. The van der Waals surface area contributed by atoms with Crippen molar-refractivity contribution < 1.29 is 0 Å². The summed E-state index contributed by atoms with van der Waals surface area (Å²) in [6.07, 6.45) is 0. The first-order chi connectivity index (χ1) is 33.1. The molecule has 0 saturated carbocycles. The minimum absolute atomic E-state index is 0.612. The van der Waals surface area contributed by atoms with Gasteiger partial charge < -0.3 is 9.13 Å². The quantitative estimate of drug-likeness (QED) is 0.113.